The summed E-state index contributed by atoms with van der Waals surface area (Å²) < 4.78 is 23.3. The van der Waals surface area contributed by atoms with E-state index in [0.29, 0.717) is 38.0 Å². The maximum absolute atomic E-state index is 13.8. The Morgan fingerprint density at radius 3 is 2.39 bits per heavy atom. The van der Waals surface area contributed by atoms with Crippen molar-refractivity contribution in [1.82, 2.24) is 4.57 Å². The van der Waals surface area contributed by atoms with Gasteiger partial charge in [0.25, 0.3) is 5.56 Å². The molecule has 1 aromatic heterocycles. The molecule has 0 saturated carbocycles. The molecule has 3 aromatic rings. The summed E-state index contributed by atoms with van der Waals surface area (Å²) in [6, 6.07) is 12.8. The summed E-state index contributed by atoms with van der Waals surface area (Å²) in [6.45, 7) is 6.39. The molecular formula is C29H32N2O6S. The SMILES string of the molecule is COCCOC(=O)C1=C(C)N=c2sc(=Cc3ccc(OC)c(OC)c3)c(=O)n2C1c1ccc(C(C)C)cc1. The van der Waals surface area contributed by atoms with E-state index in [1.54, 1.807) is 45.0 Å². The summed E-state index contributed by atoms with van der Waals surface area (Å²) in [7, 11) is 4.68. The fourth-order valence-corrected chi connectivity index (χ4v) is 5.40. The van der Waals surface area contributed by atoms with E-state index in [0.717, 1.165) is 11.1 Å². The summed E-state index contributed by atoms with van der Waals surface area (Å²) >= 11 is 1.28. The molecule has 1 aliphatic rings. The number of fused-ring (bicyclic) bond motifs is 1. The number of nitrogens with zero attached hydrogens (tertiary/aromatic N) is 2. The van der Waals surface area contributed by atoms with Crippen molar-refractivity contribution >= 4 is 23.4 Å². The van der Waals surface area contributed by atoms with Crippen LogP contribution in [0.5, 0.6) is 11.5 Å². The Labute approximate surface area is 225 Å². The van der Waals surface area contributed by atoms with Crippen molar-refractivity contribution in [2.45, 2.75) is 32.7 Å². The van der Waals surface area contributed by atoms with E-state index in [9.17, 15) is 9.59 Å². The highest BCUT2D eigenvalue weighted by Crippen LogP contribution is 2.32. The van der Waals surface area contributed by atoms with Gasteiger partial charge < -0.3 is 18.9 Å². The first kappa shape index (κ1) is 27.3. The number of ether oxygens (including phenoxy) is 4. The zero-order valence-electron chi connectivity index (χ0n) is 22.4. The highest BCUT2D eigenvalue weighted by Gasteiger charge is 2.33. The third-order valence-electron chi connectivity index (χ3n) is 6.39. The molecule has 0 saturated heterocycles. The lowest BCUT2D eigenvalue weighted by Gasteiger charge is -2.25. The molecule has 4 rings (SSSR count). The number of rotatable bonds is 9. The van der Waals surface area contributed by atoms with Gasteiger partial charge in [-0.3, -0.25) is 9.36 Å². The minimum Gasteiger partial charge on any atom is -0.493 e. The number of thiazole rings is 1. The fraction of sp³-hybridized carbons (Fsp3) is 0.345. The summed E-state index contributed by atoms with van der Waals surface area (Å²) in [6.07, 6.45) is 1.79. The van der Waals surface area contributed by atoms with Crippen LogP contribution in [0.4, 0.5) is 0 Å². The van der Waals surface area contributed by atoms with Crippen molar-refractivity contribution in [2.24, 2.45) is 4.99 Å². The van der Waals surface area contributed by atoms with Crippen molar-refractivity contribution < 1.29 is 23.7 Å². The number of methoxy groups -OCH3 is 3. The summed E-state index contributed by atoms with van der Waals surface area (Å²) in [5.74, 6) is 0.996. The number of hydrogen-bond donors (Lipinski definition) is 0. The Hall–Kier alpha value is -3.69. The number of allylic oxidation sites excluding steroid dienone is 1. The topological polar surface area (TPSA) is 88.4 Å². The van der Waals surface area contributed by atoms with E-state index in [4.69, 9.17) is 18.9 Å². The molecule has 0 fully saturated rings. The number of esters is 1. The Balaban J connectivity index is 1.87. The van der Waals surface area contributed by atoms with Gasteiger partial charge in [0.15, 0.2) is 16.3 Å². The van der Waals surface area contributed by atoms with Gasteiger partial charge in [0.1, 0.15) is 6.61 Å². The van der Waals surface area contributed by atoms with Crippen molar-refractivity contribution in [3.8, 4) is 11.5 Å². The molecule has 0 amide bonds. The quantitative estimate of drug-likeness (QED) is 0.307. The molecule has 2 aromatic carbocycles. The van der Waals surface area contributed by atoms with E-state index < -0.39 is 12.0 Å². The van der Waals surface area contributed by atoms with Gasteiger partial charge in [0, 0.05) is 7.11 Å². The van der Waals surface area contributed by atoms with Gasteiger partial charge in [-0.15, -0.1) is 0 Å². The zero-order valence-corrected chi connectivity index (χ0v) is 23.3. The van der Waals surface area contributed by atoms with Crippen LogP contribution >= 0.6 is 11.3 Å². The highest BCUT2D eigenvalue weighted by atomic mass is 32.1. The standard InChI is InChI=1S/C29H32N2O6S/c1-17(2)20-8-10-21(11-9-20)26-25(28(33)37-14-13-34-4)18(3)30-29-31(26)27(32)24(38-29)16-19-7-12-22(35-5)23(15-19)36-6/h7-12,15-17,26H,13-14H2,1-6H3. The average molecular weight is 537 g/mol. The lowest BCUT2D eigenvalue weighted by Crippen LogP contribution is -2.40. The number of carbonyl (C=O) groups is 1. The normalized spacial score (nSPS) is 15.3. The van der Waals surface area contributed by atoms with Crippen molar-refractivity contribution in [2.75, 3.05) is 34.5 Å². The molecule has 200 valence electrons. The van der Waals surface area contributed by atoms with Gasteiger partial charge in [0.05, 0.1) is 42.7 Å². The van der Waals surface area contributed by atoms with Crippen LogP contribution in [0.15, 0.2) is 63.5 Å². The van der Waals surface area contributed by atoms with Crippen LogP contribution in [-0.4, -0.2) is 45.1 Å². The van der Waals surface area contributed by atoms with Gasteiger partial charge >= 0.3 is 5.97 Å². The Kier molecular flexibility index (Phi) is 8.48. The van der Waals surface area contributed by atoms with Gasteiger partial charge in [-0.2, -0.15) is 0 Å². The molecule has 0 N–H and O–H groups in total. The third kappa shape index (κ3) is 5.44. The summed E-state index contributed by atoms with van der Waals surface area (Å²) in [5.41, 5.74) is 3.37. The largest absolute Gasteiger partial charge is 0.493 e. The number of carbonyl (C=O) groups excluding carboxylic acids is 1. The molecule has 0 radical (unpaired) electrons. The third-order valence-corrected chi connectivity index (χ3v) is 7.37. The highest BCUT2D eigenvalue weighted by molar-refractivity contribution is 7.07. The first-order valence-electron chi connectivity index (χ1n) is 12.3. The molecule has 2 heterocycles. The first-order chi connectivity index (χ1) is 18.3. The molecule has 0 bridgehead atoms. The van der Waals surface area contributed by atoms with Gasteiger partial charge in [-0.25, -0.2) is 9.79 Å². The lowest BCUT2D eigenvalue weighted by molar-refractivity contribution is -0.140. The molecule has 1 unspecified atom stereocenters. The van der Waals surface area contributed by atoms with E-state index in [1.165, 1.54) is 16.9 Å². The minimum absolute atomic E-state index is 0.106. The van der Waals surface area contributed by atoms with Crippen molar-refractivity contribution in [3.05, 3.63) is 90.1 Å². The van der Waals surface area contributed by atoms with E-state index in [1.807, 2.05) is 36.4 Å². The fourth-order valence-electron chi connectivity index (χ4n) is 4.35. The Bertz CT molecular complexity index is 1530. The second-order valence-corrected chi connectivity index (χ2v) is 10.2. The molecule has 38 heavy (non-hydrogen) atoms. The van der Waals surface area contributed by atoms with Crippen LogP contribution in [0, 0.1) is 0 Å². The first-order valence-corrected chi connectivity index (χ1v) is 13.1. The molecular weight excluding hydrogens is 504 g/mol. The summed E-state index contributed by atoms with van der Waals surface area (Å²) in [4.78, 5) is 32.2. The van der Waals surface area contributed by atoms with Crippen molar-refractivity contribution in [1.29, 1.82) is 0 Å². The Morgan fingerprint density at radius 2 is 1.76 bits per heavy atom. The van der Waals surface area contributed by atoms with Crippen molar-refractivity contribution in [3.63, 3.8) is 0 Å². The number of hydrogen-bond acceptors (Lipinski definition) is 8. The van der Waals surface area contributed by atoms with Crippen LogP contribution < -0.4 is 24.4 Å². The predicted molar refractivity (Wildman–Crippen MR) is 147 cm³/mol. The summed E-state index contributed by atoms with van der Waals surface area (Å²) in [5, 5.41) is 0. The van der Waals surface area contributed by atoms with E-state index in [2.05, 4.69) is 18.8 Å². The van der Waals surface area contributed by atoms with Crippen LogP contribution in [0.2, 0.25) is 0 Å². The monoisotopic (exact) mass is 536 g/mol. The van der Waals surface area contributed by atoms with Crippen LogP contribution in [0.25, 0.3) is 6.08 Å². The van der Waals surface area contributed by atoms with Gasteiger partial charge in [0.2, 0.25) is 0 Å². The average Bonchev–Trinajstić information content (AvgIpc) is 3.21. The van der Waals surface area contributed by atoms with E-state index >= 15 is 0 Å². The molecule has 0 aliphatic carbocycles. The second kappa shape index (κ2) is 11.8. The number of benzene rings is 2. The van der Waals surface area contributed by atoms with Gasteiger partial charge in [-0.1, -0.05) is 55.5 Å². The maximum Gasteiger partial charge on any atom is 0.338 e. The number of aromatic nitrogens is 1. The molecule has 1 atom stereocenters. The molecule has 1 aliphatic heterocycles. The lowest BCUT2D eigenvalue weighted by atomic mass is 9.93. The molecule has 9 heteroatoms. The molecule has 8 nitrogen and oxygen atoms in total. The Morgan fingerprint density at radius 1 is 1.05 bits per heavy atom. The van der Waals surface area contributed by atoms with E-state index in [-0.39, 0.29) is 18.8 Å². The van der Waals surface area contributed by atoms with Gasteiger partial charge in [-0.05, 0) is 47.7 Å². The zero-order chi connectivity index (χ0) is 27.4. The predicted octanol–water partition coefficient (Wildman–Crippen LogP) is 3.57. The second-order valence-electron chi connectivity index (χ2n) is 9.15. The smallest absolute Gasteiger partial charge is 0.338 e. The molecule has 0 spiro atoms. The van der Waals surface area contributed by atoms with Crippen LogP contribution in [0.3, 0.4) is 0 Å². The van der Waals surface area contributed by atoms with Crippen LogP contribution in [-0.2, 0) is 14.3 Å². The maximum atomic E-state index is 13.8. The minimum atomic E-state index is -0.671. The van der Waals surface area contributed by atoms with Crippen LogP contribution in [0.1, 0.15) is 49.4 Å².